The standard InChI is InChI=1S/C8H7.C5H5.Zr/c1-2-5-8-6-3-4-7-8;1-2-4-5-3-1;/h3-7H,1H2;1-5H;/q2*-1;+2. The fraction of sp³-hybridized carbons (Fsp3) is 0. The molecule has 2 rings (SSSR count). The molecule has 0 aromatic heterocycles. The zero-order valence-electron chi connectivity index (χ0n) is 7.98. The molecule has 0 bridgehead atoms. The molecule has 0 N–H and O–H groups in total. The molecule has 1 heteroatoms. The third-order valence-electron chi connectivity index (χ3n) is 1.51. The maximum absolute atomic E-state index is 3.46. The van der Waals surface area contributed by atoms with Gasteiger partial charge in [-0.2, -0.15) is 30.3 Å². The van der Waals surface area contributed by atoms with Gasteiger partial charge < -0.3 is 0 Å². The molecule has 0 spiro atoms. The first kappa shape index (κ1) is 13.1. The van der Waals surface area contributed by atoms with Crippen molar-refractivity contribution < 1.29 is 26.2 Å². The van der Waals surface area contributed by atoms with Crippen LogP contribution in [0.1, 0.15) is 5.56 Å². The molecule has 0 unspecified atom stereocenters. The Morgan fingerprint density at radius 1 is 1.07 bits per heavy atom. The third kappa shape index (κ3) is 5.70. The smallest absolute Gasteiger partial charge is 0.240 e. The molecule has 2 aromatic rings. The normalized spacial score (nSPS) is 7.43. The van der Waals surface area contributed by atoms with Crippen molar-refractivity contribution >= 4 is 6.08 Å². The van der Waals surface area contributed by atoms with Crippen molar-refractivity contribution in [3.05, 3.63) is 72.5 Å². The van der Waals surface area contributed by atoms with Crippen molar-refractivity contribution in [1.29, 1.82) is 0 Å². The molecule has 2 aromatic carbocycles. The number of rotatable bonds is 1. The van der Waals surface area contributed by atoms with E-state index >= 15 is 0 Å². The van der Waals surface area contributed by atoms with Gasteiger partial charge in [0.1, 0.15) is 0 Å². The van der Waals surface area contributed by atoms with E-state index in [0.717, 1.165) is 0 Å². The van der Waals surface area contributed by atoms with Gasteiger partial charge in [0.2, 0.25) is 0 Å². The molecular formula is C13H12Zr. The van der Waals surface area contributed by atoms with Crippen LogP contribution < -0.4 is 0 Å². The fourth-order valence-corrected chi connectivity index (χ4v) is 0.924. The molecule has 0 heterocycles. The largest absolute Gasteiger partial charge is 2.00 e. The summed E-state index contributed by atoms with van der Waals surface area (Å²) in [7, 11) is 0. The Bertz CT molecular complexity index is 317. The molecular weight excluding hydrogens is 247 g/mol. The van der Waals surface area contributed by atoms with Crippen LogP contribution >= 0.6 is 0 Å². The van der Waals surface area contributed by atoms with E-state index in [2.05, 4.69) is 12.3 Å². The van der Waals surface area contributed by atoms with Crippen LogP contribution in [0.15, 0.2) is 66.9 Å². The molecule has 0 amide bonds. The van der Waals surface area contributed by atoms with Gasteiger partial charge >= 0.3 is 26.2 Å². The van der Waals surface area contributed by atoms with Gasteiger partial charge in [-0.25, -0.2) is 17.9 Å². The van der Waals surface area contributed by atoms with Crippen molar-refractivity contribution in [3.63, 3.8) is 0 Å². The molecule has 0 radical (unpaired) electrons. The van der Waals surface area contributed by atoms with Crippen LogP contribution in [0, 0.1) is 0 Å². The van der Waals surface area contributed by atoms with E-state index in [1.165, 1.54) is 5.56 Å². The number of hydrogen-bond acceptors (Lipinski definition) is 0. The first-order valence-corrected chi connectivity index (χ1v) is 4.17. The second kappa shape index (κ2) is 8.69. The maximum Gasteiger partial charge on any atom is 2.00 e. The summed E-state index contributed by atoms with van der Waals surface area (Å²) in [6.07, 6.45) is 1.85. The molecule has 0 fully saturated rings. The summed E-state index contributed by atoms with van der Waals surface area (Å²) in [5, 5.41) is 0. The first-order chi connectivity index (χ1) is 6.43. The fourth-order valence-electron chi connectivity index (χ4n) is 0.924. The van der Waals surface area contributed by atoms with Crippen LogP contribution in [0.3, 0.4) is 0 Å². The van der Waals surface area contributed by atoms with Crippen molar-refractivity contribution in [1.82, 2.24) is 0 Å². The van der Waals surface area contributed by atoms with Gasteiger partial charge in [-0.3, -0.25) is 0 Å². The summed E-state index contributed by atoms with van der Waals surface area (Å²) < 4.78 is 0. The summed E-state index contributed by atoms with van der Waals surface area (Å²) >= 11 is 0. The molecule has 0 aliphatic heterocycles. The summed E-state index contributed by atoms with van der Waals surface area (Å²) in [5.41, 5.74) is 3.86. The predicted molar refractivity (Wildman–Crippen MR) is 57.7 cm³/mol. The molecule has 0 saturated heterocycles. The predicted octanol–water partition coefficient (Wildman–Crippen LogP) is 3.61. The monoisotopic (exact) mass is 258 g/mol. The molecule has 0 nitrogen and oxygen atoms in total. The summed E-state index contributed by atoms with van der Waals surface area (Å²) in [5.74, 6) is 0. The van der Waals surface area contributed by atoms with Crippen molar-refractivity contribution in [3.8, 4) is 0 Å². The van der Waals surface area contributed by atoms with Crippen molar-refractivity contribution in [2.24, 2.45) is 0 Å². The topological polar surface area (TPSA) is 0 Å². The molecule has 14 heavy (non-hydrogen) atoms. The van der Waals surface area contributed by atoms with Gasteiger partial charge in [-0.05, 0) is 0 Å². The Labute approximate surface area is 104 Å². The van der Waals surface area contributed by atoms with Crippen molar-refractivity contribution in [2.45, 2.75) is 0 Å². The average molecular weight is 259 g/mol. The van der Waals surface area contributed by atoms with Gasteiger partial charge in [0, 0.05) is 0 Å². The van der Waals surface area contributed by atoms with Gasteiger partial charge in [-0.1, -0.05) is 0 Å². The minimum Gasteiger partial charge on any atom is -0.240 e. The van der Waals surface area contributed by atoms with E-state index in [1.807, 2.05) is 60.7 Å². The van der Waals surface area contributed by atoms with Gasteiger partial charge in [-0.15, -0.1) is 30.4 Å². The van der Waals surface area contributed by atoms with Gasteiger partial charge in [0.05, 0.1) is 0 Å². The van der Waals surface area contributed by atoms with Crippen LogP contribution in [0.4, 0.5) is 0 Å². The molecule has 0 aliphatic rings. The van der Waals surface area contributed by atoms with E-state index in [-0.39, 0.29) is 26.2 Å². The quantitative estimate of drug-likeness (QED) is 0.542. The first-order valence-electron chi connectivity index (χ1n) is 4.17. The van der Waals surface area contributed by atoms with Crippen LogP contribution in [-0.4, -0.2) is 0 Å². The van der Waals surface area contributed by atoms with Crippen LogP contribution in [-0.2, 0) is 26.2 Å². The third-order valence-corrected chi connectivity index (χ3v) is 1.51. The molecule has 0 aliphatic carbocycles. The minimum atomic E-state index is 0. The minimum absolute atomic E-state index is 0. The Kier molecular flexibility index (Phi) is 8.13. The Hall–Kier alpha value is -0.897. The van der Waals surface area contributed by atoms with Crippen LogP contribution in [0.25, 0.3) is 6.08 Å². The Morgan fingerprint density at radius 2 is 1.64 bits per heavy atom. The second-order valence-corrected chi connectivity index (χ2v) is 2.53. The van der Waals surface area contributed by atoms with E-state index in [0.29, 0.717) is 0 Å². The second-order valence-electron chi connectivity index (χ2n) is 2.53. The van der Waals surface area contributed by atoms with E-state index in [9.17, 15) is 0 Å². The van der Waals surface area contributed by atoms with Crippen LogP contribution in [0.5, 0.6) is 0 Å². The van der Waals surface area contributed by atoms with Gasteiger partial charge in [0.25, 0.3) is 0 Å². The zero-order valence-corrected chi connectivity index (χ0v) is 10.4. The summed E-state index contributed by atoms with van der Waals surface area (Å²) in [6.45, 7) is 3.46. The SMILES string of the molecule is C=C=C[c-]1cccc1.[Zr+2].c1cc[cH-]c1. The average Bonchev–Trinajstić information content (AvgIpc) is 2.79. The molecule has 68 valence electrons. The Morgan fingerprint density at radius 3 is 2.00 bits per heavy atom. The number of hydrogen-bond donors (Lipinski definition) is 0. The van der Waals surface area contributed by atoms with Gasteiger partial charge in [0.15, 0.2) is 0 Å². The van der Waals surface area contributed by atoms with Crippen LogP contribution in [0.2, 0.25) is 0 Å². The van der Waals surface area contributed by atoms with E-state index < -0.39 is 0 Å². The zero-order chi connectivity index (χ0) is 9.36. The van der Waals surface area contributed by atoms with Crippen molar-refractivity contribution in [2.75, 3.05) is 0 Å². The molecule has 0 atom stereocenters. The Balaban J connectivity index is 0.000000246. The van der Waals surface area contributed by atoms with E-state index in [1.54, 1.807) is 0 Å². The molecule has 0 saturated carbocycles. The maximum atomic E-state index is 3.46. The summed E-state index contributed by atoms with van der Waals surface area (Å²) in [6, 6.07) is 18.0. The van der Waals surface area contributed by atoms with E-state index in [4.69, 9.17) is 0 Å². The summed E-state index contributed by atoms with van der Waals surface area (Å²) in [4.78, 5) is 0.